The number of benzene rings is 1. The lowest BCUT2D eigenvalue weighted by Crippen LogP contribution is -2.30. The number of carbonyl (C=O) groups excluding carboxylic acids is 1. The van der Waals surface area contributed by atoms with E-state index in [4.69, 9.17) is 0 Å². The van der Waals surface area contributed by atoms with Crippen LogP contribution >= 0.6 is 0 Å². The number of aromatic nitrogens is 4. The van der Waals surface area contributed by atoms with Crippen molar-refractivity contribution < 1.29 is 22.7 Å². The predicted octanol–water partition coefficient (Wildman–Crippen LogP) is 0.961. The number of halogens is 3. The van der Waals surface area contributed by atoms with Crippen LogP contribution in [0, 0.1) is 0 Å². The summed E-state index contributed by atoms with van der Waals surface area (Å²) in [5.41, 5.74) is -0.929. The Morgan fingerprint density at radius 3 is 2.56 bits per heavy atom. The first kappa shape index (κ1) is 18.2. The molecule has 0 fully saturated rings. The maximum atomic E-state index is 12.1. The molecular formula is C15H12F3N5O4. The summed E-state index contributed by atoms with van der Waals surface area (Å²) < 4.78 is 42.5. The van der Waals surface area contributed by atoms with Crippen molar-refractivity contribution in [1.82, 2.24) is 19.1 Å². The number of rotatable bonds is 4. The molecule has 2 aromatic heterocycles. The summed E-state index contributed by atoms with van der Waals surface area (Å²) >= 11 is 0. The average molecular weight is 383 g/mol. The fourth-order valence-corrected chi connectivity index (χ4v) is 2.40. The lowest BCUT2D eigenvalue weighted by Gasteiger charge is -2.10. The maximum absolute atomic E-state index is 12.1. The summed E-state index contributed by atoms with van der Waals surface area (Å²) in [5.74, 6) is -0.972. The molecular weight excluding hydrogens is 371 g/mol. The molecule has 0 atom stereocenters. The van der Waals surface area contributed by atoms with Crippen LogP contribution in [0.1, 0.15) is 0 Å². The fourth-order valence-electron chi connectivity index (χ4n) is 2.40. The zero-order chi connectivity index (χ0) is 19.8. The second-order valence-corrected chi connectivity index (χ2v) is 5.48. The molecule has 3 aromatic rings. The van der Waals surface area contributed by atoms with Crippen molar-refractivity contribution in [3.63, 3.8) is 0 Å². The normalized spacial score (nSPS) is 11.6. The molecule has 0 bridgehead atoms. The minimum atomic E-state index is -4.81. The van der Waals surface area contributed by atoms with Gasteiger partial charge in [-0.1, -0.05) is 0 Å². The van der Waals surface area contributed by atoms with Crippen LogP contribution < -0.4 is 21.3 Å². The number of imidazole rings is 1. The quantitative estimate of drug-likeness (QED) is 0.697. The van der Waals surface area contributed by atoms with E-state index in [2.05, 4.69) is 20.0 Å². The predicted molar refractivity (Wildman–Crippen MR) is 87.3 cm³/mol. The van der Waals surface area contributed by atoms with Crippen molar-refractivity contribution in [3.8, 4) is 5.75 Å². The van der Waals surface area contributed by atoms with Crippen LogP contribution in [-0.4, -0.2) is 31.4 Å². The van der Waals surface area contributed by atoms with Gasteiger partial charge in [0.05, 0.1) is 6.33 Å². The van der Waals surface area contributed by atoms with Crippen LogP contribution in [0.25, 0.3) is 11.2 Å². The minimum absolute atomic E-state index is 0.0428. The van der Waals surface area contributed by atoms with Gasteiger partial charge >= 0.3 is 12.1 Å². The number of hydrogen-bond donors (Lipinski definition) is 2. The molecule has 1 amide bonds. The number of fused-ring (bicyclic) bond motifs is 1. The van der Waals surface area contributed by atoms with E-state index in [9.17, 15) is 27.6 Å². The summed E-state index contributed by atoms with van der Waals surface area (Å²) in [6, 6.07) is 4.58. The van der Waals surface area contributed by atoms with Crippen molar-refractivity contribution in [2.45, 2.75) is 12.9 Å². The Labute approximate surface area is 148 Å². The van der Waals surface area contributed by atoms with Crippen LogP contribution in [0.15, 0.2) is 40.2 Å². The third-order valence-electron chi connectivity index (χ3n) is 3.56. The van der Waals surface area contributed by atoms with Gasteiger partial charge in [-0.2, -0.15) is 0 Å². The Kier molecular flexibility index (Phi) is 4.47. The van der Waals surface area contributed by atoms with Gasteiger partial charge in [0.1, 0.15) is 12.3 Å². The molecule has 2 N–H and O–H groups in total. The fraction of sp³-hybridized carbons (Fsp3) is 0.200. The summed E-state index contributed by atoms with van der Waals surface area (Å²) in [7, 11) is 1.42. The van der Waals surface area contributed by atoms with Gasteiger partial charge in [0.15, 0.2) is 11.2 Å². The zero-order valence-corrected chi connectivity index (χ0v) is 13.7. The number of alkyl halides is 3. The molecule has 27 heavy (non-hydrogen) atoms. The second kappa shape index (κ2) is 6.63. The molecule has 12 heteroatoms. The third-order valence-corrected chi connectivity index (χ3v) is 3.56. The number of anilines is 1. The monoisotopic (exact) mass is 383 g/mol. The van der Waals surface area contributed by atoms with E-state index in [-0.39, 0.29) is 23.4 Å². The molecule has 0 aliphatic heterocycles. The van der Waals surface area contributed by atoms with E-state index in [1.54, 1.807) is 0 Å². The van der Waals surface area contributed by atoms with Gasteiger partial charge in [-0.15, -0.1) is 13.2 Å². The Hall–Kier alpha value is -3.57. The van der Waals surface area contributed by atoms with Gasteiger partial charge in [-0.3, -0.25) is 19.1 Å². The highest BCUT2D eigenvalue weighted by atomic mass is 19.4. The minimum Gasteiger partial charge on any atom is -0.406 e. The highest BCUT2D eigenvalue weighted by Crippen LogP contribution is 2.23. The number of ether oxygens (including phenoxy) is 1. The van der Waals surface area contributed by atoms with Crippen LogP contribution in [0.2, 0.25) is 0 Å². The standard InChI is InChI=1S/C15H12F3N5O4/c1-22-12-11(13(25)21-14(22)26)23(7-19-12)6-10(24)20-8-2-4-9(5-3-8)27-15(16,17)18/h2-5,7H,6H2,1H3,(H,20,24)(H,21,25,26). The topological polar surface area (TPSA) is 111 Å². The molecule has 0 saturated heterocycles. The summed E-state index contributed by atoms with van der Waals surface area (Å²) in [4.78, 5) is 41.7. The molecule has 0 radical (unpaired) electrons. The van der Waals surface area contributed by atoms with Crippen molar-refractivity contribution in [1.29, 1.82) is 0 Å². The average Bonchev–Trinajstić information content (AvgIpc) is 2.97. The van der Waals surface area contributed by atoms with Crippen LogP contribution in [0.5, 0.6) is 5.75 Å². The molecule has 0 unspecified atom stereocenters. The van der Waals surface area contributed by atoms with E-state index < -0.39 is 29.3 Å². The van der Waals surface area contributed by atoms with E-state index in [0.29, 0.717) is 0 Å². The van der Waals surface area contributed by atoms with E-state index in [0.717, 1.165) is 16.7 Å². The van der Waals surface area contributed by atoms with Crippen molar-refractivity contribution in [3.05, 3.63) is 51.4 Å². The van der Waals surface area contributed by atoms with Crippen molar-refractivity contribution >= 4 is 22.8 Å². The first-order valence-electron chi connectivity index (χ1n) is 7.44. The molecule has 3 rings (SSSR count). The first-order chi connectivity index (χ1) is 12.6. The molecule has 0 saturated carbocycles. The highest BCUT2D eigenvalue weighted by Gasteiger charge is 2.30. The van der Waals surface area contributed by atoms with E-state index in [1.165, 1.54) is 30.1 Å². The molecule has 0 spiro atoms. The summed E-state index contributed by atoms with van der Waals surface area (Å²) in [6.45, 7) is -0.293. The lowest BCUT2D eigenvalue weighted by molar-refractivity contribution is -0.274. The molecule has 9 nitrogen and oxygen atoms in total. The number of nitrogens with one attached hydrogen (secondary N) is 2. The van der Waals surface area contributed by atoms with Gasteiger partial charge in [-0.25, -0.2) is 9.78 Å². The summed E-state index contributed by atoms with van der Waals surface area (Å²) in [5, 5.41) is 2.48. The lowest BCUT2D eigenvalue weighted by atomic mass is 10.3. The smallest absolute Gasteiger partial charge is 0.406 e. The van der Waals surface area contributed by atoms with E-state index in [1.807, 2.05) is 0 Å². The Morgan fingerprint density at radius 1 is 1.26 bits per heavy atom. The Bertz CT molecular complexity index is 1110. The van der Waals surface area contributed by atoms with Gasteiger partial charge in [0.2, 0.25) is 5.91 Å². The number of carbonyl (C=O) groups is 1. The number of hydrogen-bond acceptors (Lipinski definition) is 5. The number of H-pyrrole nitrogens is 1. The van der Waals surface area contributed by atoms with Gasteiger partial charge in [0.25, 0.3) is 5.56 Å². The number of amides is 1. The Morgan fingerprint density at radius 2 is 1.93 bits per heavy atom. The molecule has 1 aromatic carbocycles. The number of aryl methyl sites for hydroxylation is 1. The zero-order valence-electron chi connectivity index (χ0n) is 13.7. The largest absolute Gasteiger partial charge is 0.573 e. The van der Waals surface area contributed by atoms with Crippen LogP contribution in [-0.2, 0) is 18.4 Å². The molecule has 142 valence electrons. The summed E-state index contributed by atoms with van der Waals surface area (Å²) in [6.07, 6.45) is -3.57. The first-order valence-corrected chi connectivity index (χ1v) is 7.44. The van der Waals surface area contributed by atoms with Crippen molar-refractivity contribution in [2.75, 3.05) is 5.32 Å². The SMILES string of the molecule is Cn1c(=O)[nH]c(=O)c2c1ncn2CC(=O)Nc1ccc(OC(F)(F)F)cc1. The number of nitrogens with zero attached hydrogens (tertiary/aromatic N) is 3. The maximum Gasteiger partial charge on any atom is 0.573 e. The molecule has 0 aliphatic rings. The van der Waals surface area contributed by atoms with E-state index >= 15 is 0 Å². The van der Waals surface area contributed by atoms with Crippen LogP contribution in [0.3, 0.4) is 0 Å². The Balaban J connectivity index is 1.75. The van der Waals surface area contributed by atoms with Gasteiger partial charge in [0, 0.05) is 12.7 Å². The van der Waals surface area contributed by atoms with Gasteiger partial charge < -0.3 is 14.6 Å². The van der Waals surface area contributed by atoms with Crippen molar-refractivity contribution in [2.24, 2.45) is 7.05 Å². The highest BCUT2D eigenvalue weighted by molar-refractivity contribution is 5.91. The van der Waals surface area contributed by atoms with Gasteiger partial charge in [-0.05, 0) is 24.3 Å². The van der Waals surface area contributed by atoms with Crippen LogP contribution in [0.4, 0.5) is 18.9 Å². The molecule has 0 aliphatic carbocycles. The molecule has 2 heterocycles. The third kappa shape index (κ3) is 3.99. The second-order valence-electron chi connectivity index (χ2n) is 5.48. The number of aromatic amines is 1.